The lowest BCUT2D eigenvalue weighted by atomic mass is 9.78. The number of anilines is 1. The topological polar surface area (TPSA) is 89.0 Å². The van der Waals surface area contributed by atoms with Crippen LogP contribution in [0.25, 0.3) is 0 Å². The highest BCUT2D eigenvalue weighted by atomic mass is 19.4. The predicted molar refractivity (Wildman–Crippen MR) is 117 cm³/mol. The van der Waals surface area contributed by atoms with Crippen molar-refractivity contribution < 1.29 is 22.7 Å². The number of alkyl halides is 3. The van der Waals surface area contributed by atoms with E-state index in [9.17, 15) is 18.0 Å². The minimum Gasteiger partial charge on any atom is -0.405 e. The number of amides is 1. The molecule has 1 saturated carbocycles. The second kappa shape index (κ2) is 11.3. The first kappa shape index (κ1) is 24.7. The van der Waals surface area contributed by atoms with Gasteiger partial charge in [-0.25, -0.2) is 4.98 Å². The highest BCUT2D eigenvalue weighted by molar-refractivity contribution is 5.78. The second-order valence-electron chi connectivity index (χ2n) is 8.37. The summed E-state index contributed by atoms with van der Waals surface area (Å²) in [4.78, 5) is 25.7. The van der Waals surface area contributed by atoms with Crippen LogP contribution in [0.3, 0.4) is 0 Å². The van der Waals surface area contributed by atoms with Crippen molar-refractivity contribution in [2.75, 3.05) is 12.4 Å². The van der Waals surface area contributed by atoms with Crippen molar-refractivity contribution >= 4 is 11.9 Å². The molecule has 1 aliphatic rings. The summed E-state index contributed by atoms with van der Waals surface area (Å²) >= 11 is 0. The number of para-hydroxylation sites is 1. The monoisotopic (exact) mass is 465 g/mol. The van der Waals surface area contributed by atoms with Crippen LogP contribution in [-0.4, -0.2) is 34.3 Å². The molecule has 1 fully saturated rings. The zero-order valence-electron chi connectivity index (χ0n) is 18.9. The van der Waals surface area contributed by atoms with Crippen LogP contribution in [0.2, 0.25) is 0 Å². The molecule has 0 aliphatic heterocycles. The van der Waals surface area contributed by atoms with E-state index >= 15 is 0 Å². The van der Waals surface area contributed by atoms with E-state index in [-0.39, 0.29) is 24.1 Å². The average molecular weight is 466 g/mol. The van der Waals surface area contributed by atoms with E-state index in [1.54, 1.807) is 13.1 Å². The van der Waals surface area contributed by atoms with E-state index in [0.717, 1.165) is 50.8 Å². The number of benzene rings is 1. The van der Waals surface area contributed by atoms with Crippen LogP contribution in [0.15, 0.2) is 24.3 Å². The smallest absolute Gasteiger partial charge is 0.405 e. The Morgan fingerprint density at radius 1 is 1.18 bits per heavy atom. The summed E-state index contributed by atoms with van der Waals surface area (Å²) in [6.45, 7) is 1.84. The van der Waals surface area contributed by atoms with Crippen LogP contribution in [0.5, 0.6) is 5.75 Å². The Bertz CT molecular complexity index is 939. The lowest BCUT2D eigenvalue weighted by Gasteiger charge is -2.28. The molecule has 0 saturated heterocycles. The van der Waals surface area contributed by atoms with Crippen molar-refractivity contribution in [1.29, 1.82) is 0 Å². The van der Waals surface area contributed by atoms with E-state index in [1.165, 1.54) is 18.2 Å². The predicted octanol–water partition coefficient (Wildman–Crippen LogP) is 4.57. The van der Waals surface area contributed by atoms with Gasteiger partial charge in [0.1, 0.15) is 17.4 Å². The molecule has 1 amide bonds. The Hall–Kier alpha value is -2.91. The van der Waals surface area contributed by atoms with Crippen LogP contribution in [0, 0.1) is 18.8 Å². The van der Waals surface area contributed by atoms with Crippen molar-refractivity contribution in [3.63, 3.8) is 0 Å². The van der Waals surface area contributed by atoms with E-state index < -0.39 is 6.36 Å². The molecule has 7 nitrogen and oxygen atoms in total. The molecule has 0 bridgehead atoms. The van der Waals surface area contributed by atoms with Gasteiger partial charge in [-0.15, -0.1) is 13.2 Å². The van der Waals surface area contributed by atoms with Gasteiger partial charge in [-0.3, -0.25) is 4.79 Å². The molecule has 3 rings (SSSR count). The minimum absolute atomic E-state index is 0.00121. The van der Waals surface area contributed by atoms with Crippen molar-refractivity contribution in [2.24, 2.45) is 11.8 Å². The normalized spacial score (nSPS) is 18.6. The molecule has 0 radical (unpaired) electrons. The van der Waals surface area contributed by atoms with Gasteiger partial charge in [-0.05, 0) is 44.6 Å². The summed E-state index contributed by atoms with van der Waals surface area (Å²) in [7, 11) is 1.77. The number of rotatable bonds is 9. The molecule has 0 spiro atoms. The molecule has 180 valence electrons. The molecule has 1 aliphatic carbocycles. The number of aryl methyl sites for hydroxylation is 2. The van der Waals surface area contributed by atoms with Gasteiger partial charge in [-0.2, -0.15) is 9.97 Å². The highest BCUT2D eigenvalue weighted by Crippen LogP contribution is 2.33. The molecule has 1 heterocycles. The van der Waals surface area contributed by atoms with Crippen LogP contribution < -0.4 is 15.4 Å². The molecule has 1 aromatic heterocycles. The number of hydrogen-bond acceptors (Lipinski definition) is 6. The number of nitrogens with zero attached hydrogens (tertiary/aromatic N) is 3. The number of hydrogen-bond donors (Lipinski definition) is 2. The average Bonchev–Trinajstić information content (AvgIpc) is 2.77. The number of carbonyl (C=O) groups is 1. The number of nitrogens with one attached hydrogen (secondary N) is 2. The third-order valence-corrected chi connectivity index (χ3v) is 5.83. The fourth-order valence-corrected chi connectivity index (χ4v) is 4.30. The zero-order valence-corrected chi connectivity index (χ0v) is 18.9. The fraction of sp³-hybridized carbons (Fsp3) is 0.565. The Morgan fingerprint density at radius 3 is 2.73 bits per heavy atom. The second-order valence-corrected chi connectivity index (χ2v) is 8.37. The van der Waals surface area contributed by atoms with Crippen LogP contribution in [-0.2, 0) is 17.8 Å². The highest BCUT2D eigenvalue weighted by Gasteiger charge is 2.32. The van der Waals surface area contributed by atoms with Gasteiger partial charge in [0.05, 0.1) is 0 Å². The lowest BCUT2D eigenvalue weighted by molar-refractivity contribution is -0.274. The van der Waals surface area contributed by atoms with Crippen molar-refractivity contribution in [1.82, 2.24) is 20.3 Å². The van der Waals surface area contributed by atoms with E-state index in [4.69, 9.17) is 0 Å². The quantitative estimate of drug-likeness (QED) is 0.564. The first-order valence-electron chi connectivity index (χ1n) is 11.2. The molecule has 2 atom stereocenters. The Kier molecular flexibility index (Phi) is 8.46. The van der Waals surface area contributed by atoms with Gasteiger partial charge >= 0.3 is 6.36 Å². The Balaban J connectivity index is 1.47. The summed E-state index contributed by atoms with van der Waals surface area (Å²) in [5.74, 6) is 1.90. The molecule has 1 aromatic carbocycles. The fourth-order valence-electron chi connectivity index (χ4n) is 4.30. The SMILES string of the molecule is CNc1nc(C)nc(CCC[C@@H]2CCC[C@H](C(=O)NCc3ccccc3OC(F)(F)F)C2)n1. The van der Waals surface area contributed by atoms with Crippen molar-refractivity contribution in [2.45, 2.75) is 64.8 Å². The van der Waals surface area contributed by atoms with Crippen molar-refractivity contribution in [3.05, 3.63) is 41.5 Å². The first-order valence-corrected chi connectivity index (χ1v) is 11.2. The Morgan fingerprint density at radius 2 is 1.97 bits per heavy atom. The standard InChI is InChI=1S/C23H30F3N5O2/c1-15-29-20(31-22(27-2)30-15)12-6-8-16-7-5-10-17(13-16)21(32)28-14-18-9-3-4-11-19(18)33-23(24,25)26/h3-4,9,11,16-17H,5-8,10,12-14H2,1-2H3,(H,28,32)(H,27,29,30,31)/t16-,17-/m0/s1. The van der Waals surface area contributed by atoms with Crippen molar-refractivity contribution in [3.8, 4) is 5.75 Å². The molecule has 0 unspecified atom stereocenters. The zero-order chi connectivity index (χ0) is 23.8. The number of aromatic nitrogens is 3. The number of halogens is 3. The molecule has 2 N–H and O–H groups in total. The molecule has 33 heavy (non-hydrogen) atoms. The summed E-state index contributed by atoms with van der Waals surface area (Å²) in [6, 6.07) is 5.86. The lowest BCUT2D eigenvalue weighted by Crippen LogP contribution is -2.33. The molecule has 10 heteroatoms. The maximum Gasteiger partial charge on any atom is 0.573 e. The van der Waals surface area contributed by atoms with E-state index in [2.05, 4.69) is 30.3 Å². The largest absolute Gasteiger partial charge is 0.573 e. The third kappa shape index (κ3) is 7.87. The van der Waals surface area contributed by atoms with Crippen LogP contribution in [0.1, 0.15) is 55.7 Å². The summed E-state index contributed by atoms with van der Waals surface area (Å²) in [5, 5.41) is 5.73. The van der Waals surface area contributed by atoms with Gasteiger partial charge in [-0.1, -0.05) is 31.0 Å². The number of carbonyl (C=O) groups excluding carboxylic acids is 1. The molecule has 2 aromatic rings. The maximum absolute atomic E-state index is 12.7. The van der Waals surface area contributed by atoms with Crippen LogP contribution >= 0.6 is 0 Å². The minimum atomic E-state index is -4.77. The molecular weight excluding hydrogens is 435 g/mol. The van der Waals surface area contributed by atoms with Gasteiger partial charge in [0.15, 0.2) is 0 Å². The first-order chi connectivity index (χ1) is 15.7. The van der Waals surface area contributed by atoms with Crippen LogP contribution in [0.4, 0.5) is 19.1 Å². The van der Waals surface area contributed by atoms with E-state index in [1.807, 2.05) is 6.92 Å². The number of ether oxygens (including phenoxy) is 1. The summed E-state index contributed by atoms with van der Waals surface area (Å²) in [6.07, 6.45) is 1.49. The van der Waals surface area contributed by atoms with Gasteiger partial charge in [0, 0.05) is 31.5 Å². The summed E-state index contributed by atoms with van der Waals surface area (Å²) < 4.78 is 41.9. The van der Waals surface area contributed by atoms with Gasteiger partial charge < -0.3 is 15.4 Å². The van der Waals surface area contributed by atoms with E-state index in [0.29, 0.717) is 23.3 Å². The molecular formula is C23H30F3N5O2. The Labute approximate surface area is 191 Å². The van der Waals surface area contributed by atoms with Gasteiger partial charge in [0.25, 0.3) is 0 Å². The maximum atomic E-state index is 12.7. The third-order valence-electron chi connectivity index (χ3n) is 5.83. The van der Waals surface area contributed by atoms with Gasteiger partial charge in [0.2, 0.25) is 11.9 Å². The summed E-state index contributed by atoms with van der Waals surface area (Å²) in [5.41, 5.74) is 0.295.